The summed E-state index contributed by atoms with van der Waals surface area (Å²) in [4.78, 5) is 16.0. The van der Waals surface area contributed by atoms with E-state index in [0.717, 1.165) is 12.2 Å². The van der Waals surface area contributed by atoms with Gasteiger partial charge in [-0.15, -0.1) is 0 Å². The van der Waals surface area contributed by atoms with Crippen molar-refractivity contribution in [2.24, 2.45) is 0 Å². The predicted molar refractivity (Wildman–Crippen MR) is 73.4 cm³/mol. The minimum absolute atomic E-state index is 0.131. The summed E-state index contributed by atoms with van der Waals surface area (Å²) in [6, 6.07) is 1.69. The standard InChI is InChI=1S/C13H21N3O3/c1-3-15-12-10-14-5-4-11(12)13(17)16-6-7-19-9-8-18-2/h4-5,10,15H,3,6-9H2,1-2H3,(H,16,17). The molecule has 0 unspecified atom stereocenters. The van der Waals surface area contributed by atoms with Gasteiger partial charge in [-0.25, -0.2) is 0 Å². The topological polar surface area (TPSA) is 72.5 Å². The van der Waals surface area contributed by atoms with Crippen molar-refractivity contribution in [2.45, 2.75) is 6.92 Å². The van der Waals surface area contributed by atoms with E-state index in [2.05, 4.69) is 15.6 Å². The van der Waals surface area contributed by atoms with E-state index in [1.54, 1.807) is 25.6 Å². The average molecular weight is 267 g/mol. The summed E-state index contributed by atoms with van der Waals surface area (Å²) < 4.78 is 10.1. The predicted octanol–water partition coefficient (Wildman–Crippen LogP) is 0.906. The lowest BCUT2D eigenvalue weighted by Crippen LogP contribution is -2.28. The Bertz CT molecular complexity index is 385. The smallest absolute Gasteiger partial charge is 0.253 e. The van der Waals surface area contributed by atoms with E-state index in [4.69, 9.17) is 9.47 Å². The van der Waals surface area contributed by atoms with Crippen LogP contribution < -0.4 is 10.6 Å². The first-order valence-corrected chi connectivity index (χ1v) is 6.32. The fourth-order valence-corrected chi connectivity index (χ4v) is 1.50. The lowest BCUT2D eigenvalue weighted by atomic mass is 10.2. The maximum Gasteiger partial charge on any atom is 0.253 e. The number of nitrogens with zero attached hydrogens (tertiary/aromatic N) is 1. The van der Waals surface area contributed by atoms with Crippen LogP contribution in [0, 0.1) is 0 Å². The minimum atomic E-state index is -0.131. The summed E-state index contributed by atoms with van der Waals surface area (Å²) in [5.74, 6) is -0.131. The van der Waals surface area contributed by atoms with Gasteiger partial charge in [0.05, 0.1) is 37.3 Å². The highest BCUT2D eigenvalue weighted by molar-refractivity contribution is 5.99. The van der Waals surface area contributed by atoms with Gasteiger partial charge >= 0.3 is 0 Å². The number of hydrogen-bond acceptors (Lipinski definition) is 5. The Balaban J connectivity index is 2.36. The summed E-state index contributed by atoms with van der Waals surface area (Å²) in [6.07, 6.45) is 3.25. The second-order valence-corrected chi connectivity index (χ2v) is 3.81. The van der Waals surface area contributed by atoms with Crippen LogP contribution in [0.25, 0.3) is 0 Å². The molecular weight excluding hydrogens is 246 g/mol. The summed E-state index contributed by atoms with van der Waals surface area (Å²) in [5.41, 5.74) is 1.33. The lowest BCUT2D eigenvalue weighted by molar-refractivity contribution is 0.0693. The number of methoxy groups -OCH3 is 1. The van der Waals surface area contributed by atoms with Crippen molar-refractivity contribution < 1.29 is 14.3 Å². The molecule has 0 spiro atoms. The Hall–Kier alpha value is -1.66. The largest absolute Gasteiger partial charge is 0.383 e. The minimum Gasteiger partial charge on any atom is -0.383 e. The van der Waals surface area contributed by atoms with Crippen molar-refractivity contribution in [2.75, 3.05) is 45.3 Å². The van der Waals surface area contributed by atoms with Gasteiger partial charge in [-0.3, -0.25) is 9.78 Å². The van der Waals surface area contributed by atoms with Crippen molar-refractivity contribution in [1.29, 1.82) is 0 Å². The highest BCUT2D eigenvalue weighted by Gasteiger charge is 2.09. The van der Waals surface area contributed by atoms with Gasteiger partial charge in [0.2, 0.25) is 0 Å². The average Bonchev–Trinajstić information content (AvgIpc) is 2.43. The van der Waals surface area contributed by atoms with Crippen LogP contribution >= 0.6 is 0 Å². The maximum absolute atomic E-state index is 12.0. The van der Waals surface area contributed by atoms with E-state index in [-0.39, 0.29) is 5.91 Å². The number of nitrogens with one attached hydrogen (secondary N) is 2. The van der Waals surface area contributed by atoms with Crippen LogP contribution in [0.2, 0.25) is 0 Å². The number of pyridine rings is 1. The third kappa shape index (κ3) is 5.67. The van der Waals surface area contributed by atoms with E-state index >= 15 is 0 Å². The molecule has 0 bridgehead atoms. The van der Waals surface area contributed by atoms with Gasteiger partial charge in [-0.1, -0.05) is 0 Å². The van der Waals surface area contributed by atoms with E-state index in [1.807, 2.05) is 6.92 Å². The molecule has 1 rings (SSSR count). The van der Waals surface area contributed by atoms with Gasteiger partial charge in [0.15, 0.2) is 0 Å². The molecule has 0 fully saturated rings. The van der Waals surface area contributed by atoms with Gasteiger partial charge < -0.3 is 20.1 Å². The number of rotatable bonds is 9. The van der Waals surface area contributed by atoms with E-state index in [9.17, 15) is 4.79 Å². The van der Waals surface area contributed by atoms with Crippen LogP contribution in [0.3, 0.4) is 0 Å². The van der Waals surface area contributed by atoms with Crippen LogP contribution in [0.15, 0.2) is 18.5 Å². The Labute approximate surface area is 113 Å². The van der Waals surface area contributed by atoms with Crippen molar-refractivity contribution in [3.05, 3.63) is 24.0 Å². The summed E-state index contributed by atoms with van der Waals surface area (Å²) in [5, 5.41) is 5.91. The summed E-state index contributed by atoms with van der Waals surface area (Å²) in [7, 11) is 1.62. The molecule has 0 saturated carbocycles. The molecule has 1 aromatic heterocycles. The van der Waals surface area contributed by atoms with Gasteiger partial charge in [0.25, 0.3) is 5.91 Å². The van der Waals surface area contributed by atoms with Crippen molar-refractivity contribution in [3.63, 3.8) is 0 Å². The van der Waals surface area contributed by atoms with Crippen LogP contribution in [0.1, 0.15) is 17.3 Å². The van der Waals surface area contributed by atoms with Crippen LogP contribution in [0.4, 0.5) is 5.69 Å². The SMILES string of the molecule is CCNc1cnccc1C(=O)NCCOCCOC. The van der Waals surface area contributed by atoms with Crippen molar-refractivity contribution in [3.8, 4) is 0 Å². The number of ether oxygens (including phenoxy) is 2. The molecule has 6 nitrogen and oxygen atoms in total. The molecule has 0 aliphatic heterocycles. The van der Waals surface area contributed by atoms with E-state index in [0.29, 0.717) is 31.9 Å². The van der Waals surface area contributed by atoms with Crippen molar-refractivity contribution >= 4 is 11.6 Å². The Morgan fingerprint density at radius 2 is 2.21 bits per heavy atom. The third-order valence-corrected chi connectivity index (χ3v) is 2.40. The molecule has 19 heavy (non-hydrogen) atoms. The Kier molecular flexibility index (Phi) is 7.53. The fraction of sp³-hybridized carbons (Fsp3) is 0.538. The first-order chi connectivity index (χ1) is 9.29. The Morgan fingerprint density at radius 1 is 1.37 bits per heavy atom. The summed E-state index contributed by atoms with van der Waals surface area (Å²) >= 11 is 0. The molecule has 1 heterocycles. The first-order valence-electron chi connectivity index (χ1n) is 6.32. The number of anilines is 1. The molecule has 0 aliphatic rings. The van der Waals surface area contributed by atoms with Gasteiger partial charge in [-0.2, -0.15) is 0 Å². The molecule has 1 aromatic rings. The number of amides is 1. The second kappa shape index (κ2) is 9.29. The maximum atomic E-state index is 12.0. The highest BCUT2D eigenvalue weighted by Crippen LogP contribution is 2.12. The normalized spacial score (nSPS) is 10.2. The molecule has 0 aliphatic carbocycles. The molecular formula is C13H21N3O3. The summed E-state index contributed by atoms with van der Waals surface area (Å²) in [6.45, 7) is 4.74. The molecule has 2 N–H and O–H groups in total. The van der Waals surface area contributed by atoms with Crippen LogP contribution in [0.5, 0.6) is 0 Å². The zero-order valence-corrected chi connectivity index (χ0v) is 11.4. The molecule has 1 amide bonds. The Morgan fingerprint density at radius 3 is 2.95 bits per heavy atom. The van der Waals surface area contributed by atoms with Gasteiger partial charge in [0.1, 0.15) is 0 Å². The number of carbonyl (C=O) groups is 1. The second-order valence-electron chi connectivity index (χ2n) is 3.81. The molecule has 0 saturated heterocycles. The zero-order chi connectivity index (χ0) is 13.9. The third-order valence-electron chi connectivity index (χ3n) is 2.40. The van der Waals surface area contributed by atoms with E-state index < -0.39 is 0 Å². The number of hydrogen-bond donors (Lipinski definition) is 2. The van der Waals surface area contributed by atoms with E-state index in [1.165, 1.54) is 0 Å². The molecule has 6 heteroatoms. The van der Waals surface area contributed by atoms with Crippen molar-refractivity contribution in [1.82, 2.24) is 10.3 Å². The fourth-order valence-electron chi connectivity index (χ4n) is 1.50. The molecule has 0 aromatic carbocycles. The highest BCUT2D eigenvalue weighted by atomic mass is 16.5. The quantitative estimate of drug-likeness (QED) is 0.651. The lowest BCUT2D eigenvalue weighted by Gasteiger charge is -2.10. The van der Waals surface area contributed by atoms with Crippen LogP contribution in [-0.2, 0) is 9.47 Å². The zero-order valence-electron chi connectivity index (χ0n) is 11.4. The first kappa shape index (κ1) is 15.4. The van der Waals surface area contributed by atoms with Gasteiger partial charge in [0, 0.05) is 26.4 Å². The molecule has 106 valence electrons. The monoisotopic (exact) mass is 267 g/mol. The van der Waals surface area contributed by atoms with Gasteiger partial charge in [-0.05, 0) is 13.0 Å². The molecule has 0 atom stereocenters. The number of carbonyl (C=O) groups excluding carboxylic acids is 1. The van der Waals surface area contributed by atoms with Crippen LogP contribution in [-0.4, -0.2) is 50.9 Å². The molecule has 0 radical (unpaired) electrons. The number of aromatic nitrogens is 1.